The van der Waals surface area contributed by atoms with Crippen LogP contribution in [-0.2, 0) is 25.6 Å². The number of halogens is 2. The number of terminal acetylenes is 1. The topological polar surface area (TPSA) is 169 Å². The first kappa shape index (κ1) is 47.9. The first-order valence-corrected chi connectivity index (χ1v) is 24.7. The number of hydrogen-bond acceptors (Lipinski definition) is 13. The molecular weight excluding hydrogens is 939 g/mol. The predicted molar refractivity (Wildman–Crippen MR) is 264 cm³/mol. The number of carbonyl (C=O) groups is 4. The minimum Gasteiger partial charge on any atom is -0.468 e. The van der Waals surface area contributed by atoms with E-state index in [4.69, 9.17) is 35.3 Å². The van der Waals surface area contributed by atoms with E-state index in [0.29, 0.717) is 54.0 Å². The van der Waals surface area contributed by atoms with E-state index in [9.17, 15) is 19.2 Å². The molecule has 5 aliphatic heterocycles. The van der Waals surface area contributed by atoms with Gasteiger partial charge in [-0.05, 0) is 100 Å². The Morgan fingerprint density at radius 2 is 1.74 bits per heavy atom. The number of imide groups is 1. The number of aromatic nitrogens is 3. The summed E-state index contributed by atoms with van der Waals surface area (Å²) in [7, 11) is 1.48. The maximum absolute atomic E-state index is 17.6. The Bertz CT molecular complexity index is 3230. The number of piperazine rings is 1. The molecule has 1 unspecified atom stereocenters. The molecule has 16 nitrogen and oxygen atoms in total. The number of pyridine rings is 1. The van der Waals surface area contributed by atoms with Crippen LogP contribution in [0.5, 0.6) is 11.8 Å². The molecule has 11 rings (SSSR count). The fraction of sp³-hybridized carbons (Fsp3) is 0.436. The van der Waals surface area contributed by atoms with Gasteiger partial charge in [0.2, 0.25) is 11.8 Å². The van der Waals surface area contributed by atoms with Crippen molar-refractivity contribution in [2.75, 3.05) is 58.1 Å². The first-order chi connectivity index (χ1) is 35.1. The molecule has 1 saturated carbocycles. The third-order valence-electron chi connectivity index (χ3n) is 14.7. The van der Waals surface area contributed by atoms with Gasteiger partial charge in [-0.2, -0.15) is 9.97 Å². The number of hydrogen-bond donors (Lipinski definition) is 1. The first-order valence-electron chi connectivity index (χ1n) is 24.7. The van der Waals surface area contributed by atoms with Gasteiger partial charge in [0.05, 0.1) is 29.6 Å². The van der Waals surface area contributed by atoms with Gasteiger partial charge in [0.25, 0.3) is 5.91 Å². The third-order valence-corrected chi connectivity index (χ3v) is 14.7. The van der Waals surface area contributed by atoms with Crippen molar-refractivity contribution in [2.24, 2.45) is 11.3 Å². The smallest absolute Gasteiger partial charge is 0.410 e. The Morgan fingerprint density at radius 1 is 0.959 bits per heavy atom. The van der Waals surface area contributed by atoms with Gasteiger partial charge in [0.15, 0.2) is 12.6 Å². The number of nitrogens with one attached hydrogen (secondary N) is 1. The highest BCUT2D eigenvalue weighted by Crippen LogP contribution is 2.48. The second-order valence-electron chi connectivity index (χ2n) is 21.1. The zero-order chi connectivity index (χ0) is 50.9. The lowest BCUT2D eigenvalue weighted by Gasteiger charge is -2.42. The maximum atomic E-state index is 17.6. The van der Waals surface area contributed by atoms with Crippen LogP contribution in [-0.4, -0.2) is 130 Å². The van der Waals surface area contributed by atoms with Crippen molar-refractivity contribution in [3.63, 3.8) is 0 Å². The molecule has 1 N–H and O–H groups in total. The Kier molecular flexibility index (Phi) is 12.2. The number of amides is 4. The van der Waals surface area contributed by atoms with Crippen molar-refractivity contribution >= 4 is 51.3 Å². The van der Waals surface area contributed by atoms with Crippen molar-refractivity contribution in [1.29, 1.82) is 0 Å². The summed E-state index contributed by atoms with van der Waals surface area (Å²) in [5.41, 5.74) is 1.31. The van der Waals surface area contributed by atoms with Gasteiger partial charge in [0.1, 0.15) is 40.2 Å². The largest absolute Gasteiger partial charge is 0.468 e. The van der Waals surface area contributed by atoms with Crippen LogP contribution in [0, 0.1) is 47.2 Å². The molecule has 376 valence electrons. The Morgan fingerprint density at radius 3 is 2.45 bits per heavy atom. The summed E-state index contributed by atoms with van der Waals surface area (Å²) in [5.74, 6) is 7.63. The molecule has 5 fully saturated rings. The number of rotatable bonds is 11. The number of nitrogens with zero attached hydrogens (tertiary/aromatic N) is 7. The molecule has 4 saturated heterocycles. The number of fused-ring (bicyclic) bond motifs is 5. The highest BCUT2D eigenvalue weighted by Gasteiger charge is 2.48. The zero-order valence-corrected chi connectivity index (χ0v) is 41.1. The summed E-state index contributed by atoms with van der Waals surface area (Å²) < 4.78 is 56.1. The average Bonchev–Trinajstić information content (AvgIpc) is 3.97. The van der Waals surface area contributed by atoms with Gasteiger partial charge in [0, 0.05) is 92.4 Å². The molecule has 2 bridgehead atoms. The summed E-state index contributed by atoms with van der Waals surface area (Å²) in [6.45, 7) is 9.16. The van der Waals surface area contributed by atoms with Gasteiger partial charge in [-0.25, -0.2) is 13.6 Å². The van der Waals surface area contributed by atoms with E-state index in [1.165, 1.54) is 24.3 Å². The number of likely N-dealkylation sites (tertiary alicyclic amines) is 1. The molecule has 0 spiro atoms. The van der Waals surface area contributed by atoms with E-state index in [2.05, 4.69) is 33.0 Å². The van der Waals surface area contributed by atoms with Crippen LogP contribution in [0.3, 0.4) is 0 Å². The molecular formula is C55H54F2N8O8. The summed E-state index contributed by atoms with van der Waals surface area (Å²) in [6.07, 6.45) is 10.9. The maximum Gasteiger partial charge on any atom is 0.410 e. The van der Waals surface area contributed by atoms with E-state index in [-0.39, 0.29) is 94.8 Å². The van der Waals surface area contributed by atoms with Gasteiger partial charge < -0.3 is 33.6 Å². The van der Waals surface area contributed by atoms with Crippen LogP contribution in [0.25, 0.3) is 32.9 Å². The standard InChI is InChI=1S/C55H54F2N8O8/c1-6-38-42(56)14-10-33-20-37(72-30-70-5)21-40(45(33)38)47-46(57)48-41(22-58-47)49(63-26-35-11-12-36(27-63)65(35)53(69)73-54(2,3)4)61-52(60-48)71-29-55(17-18-55)28-62-23-32(24-62)8-7-31-9-13-39-34(19-31)25-64(51(39)68)43-15-16-44(66)59-50(43)67/h1,9-10,13-14,19-22,32,35-36,43H,11-12,15-18,23-30H2,2-5H3,(H,59,66,67)/t35-,36+,43?. The van der Waals surface area contributed by atoms with Crippen LogP contribution in [0.1, 0.15) is 86.3 Å². The second-order valence-corrected chi connectivity index (χ2v) is 21.1. The van der Waals surface area contributed by atoms with Crippen molar-refractivity contribution in [3.05, 3.63) is 82.5 Å². The predicted octanol–water partition coefficient (Wildman–Crippen LogP) is 6.58. The van der Waals surface area contributed by atoms with Gasteiger partial charge in [-0.3, -0.25) is 29.6 Å². The number of ether oxygens (including phenoxy) is 4. The summed E-state index contributed by atoms with van der Waals surface area (Å²) >= 11 is 0. The molecule has 5 aromatic rings. The molecule has 18 heteroatoms. The summed E-state index contributed by atoms with van der Waals surface area (Å²) in [6, 6.07) is 10.5. The lowest BCUT2D eigenvalue weighted by molar-refractivity contribution is -0.136. The van der Waals surface area contributed by atoms with Crippen molar-refractivity contribution in [3.8, 4) is 47.2 Å². The van der Waals surface area contributed by atoms with Crippen molar-refractivity contribution in [2.45, 2.75) is 89.6 Å². The number of anilines is 1. The average molecular weight is 993 g/mol. The van der Waals surface area contributed by atoms with Gasteiger partial charge in [-0.1, -0.05) is 23.8 Å². The van der Waals surface area contributed by atoms with Gasteiger partial charge >= 0.3 is 12.1 Å². The SMILES string of the molecule is C#Cc1c(F)ccc2cc(OCOC)cc(-c3ncc4c(N5C[C@H]6CC[C@@H](C5)N6C(=O)OC(C)(C)C)nc(OCC5(CN6CC(C#Cc7ccc8c(c7)CN(C7CCC(=O)NC7=O)C8=O)C6)CC5)nc4c3F)c12. The van der Waals surface area contributed by atoms with Crippen LogP contribution in [0.4, 0.5) is 19.4 Å². The van der Waals surface area contributed by atoms with E-state index < -0.39 is 29.2 Å². The molecule has 6 aliphatic rings. The zero-order valence-electron chi connectivity index (χ0n) is 41.1. The van der Waals surface area contributed by atoms with E-state index in [0.717, 1.165) is 56.4 Å². The molecule has 3 aromatic carbocycles. The molecule has 3 atom stereocenters. The van der Waals surface area contributed by atoms with Crippen LogP contribution < -0.4 is 19.7 Å². The Hall–Kier alpha value is -7.41. The quantitative estimate of drug-likeness (QED) is 0.0857. The number of piperidine rings is 1. The normalized spacial score (nSPS) is 21.4. The number of carbonyl (C=O) groups excluding carboxylic acids is 4. The highest BCUT2D eigenvalue weighted by atomic mass is 19.1. The molecule has 4 amide bonds. The molecule has 0 radical (unpaired) electrons. The lowest BCUT2D eigenvalue weighted by Crippen LogP contribution is -2.57. The van der Waals surface area contributed by atoms with Crippen molar-refractivity contribution < 1.29 is 46.9 Å². The minimum absolute atomic E-state index is 0.00670. The second kappa shape index (κ2) is 18.6. The van der Waals surface area contributed by atoms with Gasteiger partial charge in [-0.15, -0.1) is 6.42 Å². The van der Waals surface area contributed by atoms with E-state index >= 15 is 8.78 Å². The lowest BCUT2D eigenvalue weighted by atomic mass is 9.95. The molecule has 7 heterocycles. The highest BCUT2D eigenvalue weighted by molar-refractivity contribution is 6.06. The van der Waals surface area contributed by atoms with Crippen LogP contribution in [0.15, 0.2) is 48.7 Å². The number of benzene rings is 3. The molecule has 1 aliphatic carbocycles. The Labute approximate surface area is 420 Å². The Balaban J connectivity index is 0.834. The van der Waals surface area contributed by atoms with E-state index in [1.807, 2.05) is 42.7 Å². The summed E-state index contributed by atoms with van der Waals surface area (Å²) in [5, 5.41) is 3.48. The van der Waals surface area contributed by atoms with E-state index in [1.54, 1.807) is 24.3 Å². The molecule has 73 heavy (non-hydrogen) atoms. The number of methoxy groups -OCH3 is 1. The fourth-order valence-electron chi connectivity index (χ4n) is 11.0. The minimum atomic E-state index is -0.782. The third kappa shape index (κ3) is 9.23. The molecule has 2 aromatic heterocycles. The monoisotopic (exact) mass is 992 g/mol. The fourth-order valence-corrected chi connectivity index (χ4v) is 11.0. The summed E-state index contributed by atoms with van der Waals surface area (Å²) in [4.78, 5) is 72.9. The van der Waals surface area contributed by atoms with Crippen LogP contribution in [0.2, 0.25) is 0 Å². The van der Waals surface area contributed by atoms with Crippen molar-refractivity contribution in [1.82, 2.24) is 35.0 Å². The van der Waals surface area contributed by atoms with Crippen LogP contribution >= 0.6 is 0 Å².